The van der Waals surface area contributed by atoms with Crippen LogP contribution < -0.4 is 0 Å². The predicted molar refractivity (Wildman–Crippen MR) is 90.3 cm³/mol. The fourth-order valence-electron chi connectivity index (χ4n) is 2.98. The zero-order valence-corrected chi connectivity index (χ0v) is 13.9. The van der Waals surface area contributed by atoms with Crippen LogP contribution >= 0.6 is 0 Å². The number of piperazine rings is 1. The quantitative estimate of drug-likeness (QED) is 0.853. The number of hydrogen-bond acceptors (Lipinski definition) is 4. The van der Waals surface area contributed by atoms with Crippen molar-refractivity contribution in [2.45, 2.75) is 13.8 Å². The van der Waals surface area contributed by atoms with Crippen LogP contribution in [0, 0.1) is 13.8 Å². The topological polar surface area (TPSA) is 49.3 Å². The Labute approximate surface area is 137 Å². The van der Waals surface area contributed by atoms with Crippen LogP contribution in [0.2, 0.25) is 0 Å². The molecule has 1 saturated heterocycles. The lowest BCUT2D eigenvalue weighted by Gasteiger charge is -2.32. The van der Waals surface area contributed by atoms with E-state index < -0.39 is 0 Å². The Morgan fingerprint density at radius 3 is 2.35 bits per heavy atom. The minimum absolute atomic E-state index is 0.0290. The molecular formula is C18H22N4O. The Kier molecular flexibility index (Phi) is 4.39. The van der Waals surface area contributed by atoms with E-state index in [9.17, 15) is 4.79 Å². The molecule has 1 aromatic carbocycles. The number of likely N-dealkylation sites (N-methyl/N-ethyl adjacent to an activating group) is 1. The van der Waals surface area contributed by atoms with Gasteiger partial charge in [0.25, 0.3) is 5.91 Å². The van der Waals surface area contributed by atoms with Crippen LogP contribution in [0.25, 0.3) is 11.3 Å². The van der Waals surface area contributed by atoms with E-state index in [-0.39, 0.29) is 5.91 Å². The molecule has 23 heavy (non-hydrogen) atoms. The monoisotopic (exact) mass is 310 g/mol. The molecule has 1 fully saturated rings. The maximum Gasteiger partial charge on any atom is 0.274 e. The third-order valence-electron chi connectivity index (χ3n) is 4.38. The lowest BCUT2D eigenvalue weighted by Crippen LogP contribution is -2.47. The Morgan fingerprint density at radius 2 is 1.70 bits per heavy atom. The molecule has 5 nitrogen and oxygen atoms in total. The van der Waals surface area contributed by atoms with Crippen molar-refractivity contribution in [2.24, 2.45) is 0 Å². The van der Waals surface area contributed by atoms with Gasteiger partial charge in [0.05, 0.1) is 18.1 Å². The second kappa shape index (κ2) is 6.46. The fourth-order valence-corrected chi connectivity index (χ4v) is 2.98. The van der Waals surface area contributed by atoms with Crippen LogP contribution in [-0.2, 0) is 0 Å². The minimum Gasteiger partial charge on any atom is -0.335 e. The Hall–Kier alpha value is -2.27. The van der Waals surface area contributed by atoms with Crippen molar-refractivity contribution in [3.63, 3.8) is 0 Å². The van der Waals surface area contributed by atoms with Crippen LogP contribution in [0.5, 0.6) is 0 Å². The van der Waals surface area contributed by atoms with E-state index in [1.54, 1.807) is 12.4 Å². The summed E-state index contributed by atoms with van der Waals surface area (Å²) in [4.78, 5) is 25.6. The fraction of sp³-hybridized carbons (Fsp3) is 0.389. The smallest absolute Gasteiger partial charge is 0.274 e. The Morgan fingerprint density at radius 1 is 1.04 bits per heavy atom. The molecule has 2 aromatic rings. The summed E-state index contributed by atoms with van der Waals surface area (Å²) in [5.74, 6) is -0.0290. The van der Waals surface area contributed by atoms with Crippen molar-refractivity contribution in [3.05, 3.63) is 47.4 Å². The summed E-state index contributed by atoms with van der Waals surface area (Å²) in [6.45, 7) is 7.39. The zero-order valence-electron chi connectivity index (χ0n) is 13.9. The van der Waals surface area contributed by atoms with E-state index in [1.165, 1.54) is 0 Å². The SMILES string of the molecule is Cc1cccc(C)c1-c1cncc(C(=O)N2CCN(C)CC2)n1. The van der Waals surface area contributed by atoms with Gasteiger partial charge in [-0.3, -0.25) is 9.78 Å². The van der Waals surface area contributed by atoms with Crippen LogP contribution in [0.4, 0.5) is 0 Å². The molecule has 3 rings (SSSR count). The number of benzene rings is 1. The maximum absolute atomic E-state index is 12.7. The van der Waals surface area contributed by atoms with Gasteiger partial charge in [-0.2, -0.15) is 0 Å². The molecule has 120 valence electrons. The van der Waals surface area contributed by atoms with Crippen molar-refractivity contribution >= 4 is 5.91 Å². The highest BCUT2D eigenvalue weighted by atomic mass is 16.2. The number of aromatic nitrogens is 2. The van der Waals surface area contributed by atoms with Gasteiger partial charge in [0.1, 0.15) is 5.69 Å². The number of rotatable bonds is 2. The summed E-state index contributed by atoms with van der Waals surface area (Å²) >= 11 is 0. The number of aryl methyl sites for hydroxylation is 2. The van der Waals surface area contributed by atoms with E-state index in [0.29, 0.717) is 5.69 Å². The Bertz CT molecular complexity index is 700. The molecule has 1 amide bonds. The van der Waals surface area contributed by atoms with E-state index in [4.69, 9.17) is 0 Å². The molecule has 0 radical (unpaired) electrons. The predicted octanol–water partition coefficient (Wildman–Crippen LogP) is 2.15. The molecule has 1 aliphatic heterocycles. The van der Waals surface area contributed by atoms with E-state index >= 15 is 0 Å². The standard InChI is InChI=1S/C18H22N4O/c1-13-5-4-6-14(2)17(13)15-11-19-12-16(20-15)18(23)22-9-7-21(3)8-10-22/h4-6,11-12H,7-10H2,1-3H3. The van der Waals surface area contributed by atoms with Gasteiger partial charge in [-0.25, -0.2) is 4.98 Å². The average molecular weight is 310 g/mol. The number of carbonyl (C=O) groups excluding carboxylic acids is 1. The summed E-state index contributed by atoms with van der Waals surface area (Å²) in [5.41, 5.74) is 4.54. The van der Waals surface area contributed by atoms with Gasteiger partial charge in [-0.1, -0.05) is 18.2 Å². The number of nitrogens with zero attached hydrogens (tertiary/aromatic N) is 4. The molecule has 0 saturated carbocycles. The lowest BCUT2D eigenvalue weighted by atomic mass is 10.0. The van der Waals surface area contributed by atoms with Gasteiger partial charge >= 0.3 is 0 Å². The van der Waals surface area contributed by atoms with Gasteiger partial charge in [0.2, 0.25) is 0 Å². The van der Waals surface area contributed by atoms with Crippen LogP contribution in [0.3, 0.4) is 0 Å². The molecule has 0 unspecified atom stereocenters. The molecule has 2 heterocycles. The second-order valence-corrected chi connectivity index (χ2v) is 6.15. The average Bonchev–Trinajstić information content (AvgIpc) is 2.55. The molecular weight excluding hydrogens is 288 g/mol. The molecule has 1 aromatic heterocycles. The van der Waals surface area contributed by atoms with Crippen molar-refractivity contribution in [1.29, 1.82) is 0 Å². The van der Waals surface area contributed by atoms with Crippen molar-refractivity contribution in [2.75, 3.05) is 33.2 Å². The number of hydrogen-bond donors (Lipinski definition) is 0. The Balaban J connectivity index is 1.90. The third-order valence-corrected chi connectivity index (χ3v) is 4.38. The molecule has 0 bridgehead atoms. The highest BCUT2D eigenvalue weighted by Crippen LogP contribution is 2.25. The largest absolute Gasteiger partial charge is 0.335 e. The van der Waals surface area contributed by atoms with Crippen molar-refractivity contribution in [1.82, 2.24) is 19.8 Å². The summed E-state index contributed by atoms with van der Waals surface area (Å²) in [6.07, 6.45) is 3.30. The first-order valence-electron chi connectivity index (χ1n) is 7.92. The molecule has 0 atom stereocenters. The summed E-state index contributed by atoms with van der Waals surface area (Å²) in [6, 6.07) is 6.14. The van der Waals surface area contributed by atoms with Gasteiger partial charge < -0.3 is 9.80 Å². The first-order chi connectivity index (χ1) is 11.1. The molecule has 0 spiro atoms. The van der Waals surface area contributed by atoms with Gasteiger partial charge in [0.15, 0.2) is 0 Å². The third kappa shape index (κ3) is 3.24. The number of carbonyl (C=O) groups is 1. The highest BCUT2D eigenvalue weighted by molar-refractivity contribution is 5.92. The summed E-state index contributed by atoms with van der Waals surface area (Å²) in [7, 11) is 2.07. The van der Waals surface area contributed by atoms with Crippen molar-refractivity contribution < 1.29 is 4.79 Å². The van der Waals surface area contributed by atoms with Crippen LogP contribution in [0.15, 0.2) is 30.6 Å². The van der Waals surface area contributed by atoms with Crippen LogP contribution in [-0.4, -0.2) is 58.9 Å². The van der Waals surface area contributed by atoms with E-state index in [0.717, 1.165) is 48.6 Å². The van der Waals surface area contributed by atoms with Crippen LogP contribution in [0.1, 0.15) is 21.6 Å². The summed E-state index contributed by atoms with van der Waals surface area (Å²) < 4.78 is 0. The molecule has 0 aliphatic carbocycles. The molecule has 5 heteroatoms. The molecule has 1 aliphatic rings. The van der Waals surface area contributed by atoms with Gasteiger partial charge in [-0.05, 0) is 32.0 Å². The van der Waals surface area contributed by atoms with Gasteiger partial charge in [0, 0.05) is 31.7 Å². The zero-order chi connectivity index (χ0) is 16.4. The minimum atomic E-state index is -0.0290. The normalized spacial score (nSPS) is 15.7. The molecule has 0 N–H and O–H groups in total. The summed E-state index contributed by atoms with van der Waals surface area (Å²) in [5, 5.41) is 0. The lowest BCUT2D eigenvalue weighted by molar-refractivity contribution is 0.0658. The highest BCUT2D eigenvalue weighted by Gasteiger charge is 2.22. The van der Waals surface area contributed by atoms with E-state index in [1.807, 2.05) is 11.0 Å². The maximum atomic E-state index is 12.7. The van der Waals surface area contributed by atoms with E-state index in [2.05, 4.69) is 47.9 Å². The van der Waals surface area contributed by atoms with Gasteiger partial charge in [-0.15, -0.1) is 0 Å². The first-order valence-corrected chi connectivity index (χ1v) is 7.92. The second-order valence-electron chi connectivity index (χ2n) is 6.15. The van der Waals surface area contributed by atoms with Crippen molar-refractivity contribution in [3.8, 4) is 11.3 Å². The number of amides is 1. The first kappa shape index (κ1) is 15.6.